The van der Waals surface area contributed by atoms with Crippen LogP contribution in [0.15, 0.2) is 30.3 Å². The number of hydrogen-bond donors (Lipinski definition) is 6. The smallest absolute Gasteiger partial charge is 0.186 e. The predicted octanol–water partition coefficient (Wildman–Crippen LogP) is -2.47. The van der Waals surface area contributed by atoms with Gasteiger partial charge in [0.15, 0.2) is 18.7 Å². The van der Waals surface area contributed by atoms with E-state index in [1.165, 1.54) is 0 Å². The molecule has 0 bridgehead atoms. The third-order valence-corrected chi connectivity index (χ3v) is 5.08. The Morgan fingerprint density at radius 1 is 0.967 bits per heavy atom. The third-order valence-electron chi connectivity index (χ3n) is 5.08. The highest BCUT2D eigenvalue weighted by atomic mass is 16.7. The highest BCUT2D eigenvalue weighted by Gasteiger charge is 2.45. The number of ether oxygens (including phenoxy) is 4. The second-order valence-electron chi connectivity index (χ2n) is 7.15. The van der Waals surface area contributed by atoms with E-state index in [2.05, 4.69) is 0 Å². The highest BCUT2D eigenvalue weighted by molar-refractivity contribution is 5.22. The Morgan fingerprint density at radius 2 is 1.67 bits per heavy atom. The topological polar surface area (TPSA) is 182 Å². The molecule has 0 radical (unpaired) electrons. The zero-order valence-electron chi connectivity index (χ0n) is 15.8. The molecular weight excluding hydrogens is 402 g/mol. The quantitative estimate of drug-likeness (QED) is 0.283. The second kappa shape index (κ2) is 10.1. The van der Waals surface area contributed by atoms with Gasteiger partial charge in [0.25, 0.3) is 0 Å². The van der Waals surface area contributed by atoms with E-state index in [4.69, 9.17) is 18.9 Å². The summed E-state index contributed by atoms with van der Waals surface area (Å²) in [6, 6.07) is 10.6. The first kappa shape index (κ1) is 23.0. The molecule has 166 valence electrons. The van der Waals surface area contributed by atoms with Crippen molar-refractivity contribution in [3.63, 3.8) is 0 Å². The van der Waals surface area contributed by atoms with E-state index in [9.17, 15) is 35.9 Å². The van der Waals surface area contributed by atoms with E-state index < -0.39 is 68.0 Å². The van der Waals surface area contributed by atoms with Gasteiger partial charge >= 0.3 is 0 Å². The average Bonchev–Trinajstić information content (AvgIpc) is 2.76. The lowest BCUT2D eigenvalue weighted by molar-refractivity contribution is -0.315. The van der Waals surface area contributed by atoms with Crippen LogP contribution in [0.5, 0.6) is 0 Å². The summed E-state index contributed by atoms with van der Waals surface area (Å²) in [7, 11) is 0. The van der Waals surface area contributed by atoms with Crippen molar-refractivity contribution in [2.24, 2.45) is 0 Å². The summed E-state index contributed by atoms with van der Waals surface area (Å²) >= 11 is 0. The van der Waals surface area contributed by atoms with Gasteiger partial charge in [-0.1, -0.05) is 30.3 Å². The Balaban J connectivity index is 1.54. The van der Waals surface area contributed by atoms with Crippen molar-refractivity contribution in [2.45, 2.75) is 61.4 Å². The zero-order valence-corrected chi connectivity index (χ0v) is 15.8. The minimum Gasteiger partial charge on any atom is -0.387 e. The monoisotopic (exact) mass is 427 g/mol. The Kier molecular flexibility index (Phi) is 7.72. The molecule has 3 rings (SSSR count). The molecule has 0 saturated carbocycles. The van der Waals surface area contributed by atoms with Gasteiger partial charge in [-0.25, -0.2) is 0 Å². The number of rotatable bonds is 6. The third kappa shape index (κ3) is 4.96. The molecule has 11 nitrogen and oxygen atoms in total. The van der Waals surface area contributed by atoms with E-state index in [0.717, 1.165) is 0 Å². The largest absolute Gasteiger partial charge is 0.387 e. The molecule has 2 aliphatic heterocycles. The lowest BCUT2D eigenvalue weighted by Gasteiger charge is -2.40. The molecule has 2 heterocycles. The normalized spacial score (nSPS) is 40.5. The molecular formula is C19H25NO10. The molecule has 1 aromatic carbocycles. The van der Waals surface area contributed by atoms with E-state index in [0.29, 0.717) is 5.56 Å². The van der Waals surface area contributed by atoms with E-state index in [1.807, 2.05) is 6.07 Å². The molecule has 6 N–H and O–H groups in total. The number of benzene rings is 1. The van der Waals surface area contributed by atoms with Crippen LogP contribution in [-0.4, -0.2) is 99.2 Å². The molecule has 10 atom stereocenters. The Morgan fingerprint density at radius 3 is 2.33 bits per heavy atom. The van der Waals surface area contributed by atoms with Gasteiger partial charge in [0.1, 0.15) is 42.7 Å². The fraction of sp³-hybridized carbons (Fsp3) is 0.632. The Labute approximate surface area is 172 Å². The van der Waals surface area contributed by atoms with Gasteiger partial charge in [-0.2, -0.15) is 5.26 Å². The van der Waals surface area contributed by atoms with Crippen LogP contribution >= 0.6 is 0 Å². The van der Waals surface area contributed by atoms with Crippen molar-refractivity contribution >= 4 is 0 Å². The molecule has 1 aromatic rings. The van der Waals surface area contributed by atoms with Crippen LogP contribution < -0.4 is 0 Å². The van der Waals surface area contributed by atoms with E-state index >= 15 is 0 Å². The predicted molar refractivity (Wildman–Crippen MR) is 96.3 cm³/mol. The minimum absolute atomic E-state index is 0.189. The maximum atomic E-state index is 10.4. The van der Waals surface area contributed by atoms with E-state index in [-0.39, 0.29) is 6.61 Å². The van der Waals surface area contributed by atoms with E-state index in [1.54, 1.807) is 30.3 Å². The van der Waals surface area contributed by atoms with Crippen LogP contribution in [0.2, 0.25) is 0 Å². The van der Waals surface area contributed by atoms with Crippen LogP contribution in [0.25, 0.3) is 0 Å². The average molecular weight is 427 g/mol. The number of aliphatic hydroxyl groups is 6. The summed E-state index contributed by atoms with van der Waals surface area (Å²) in [6.07, 6.45) is -14.1. The number of hydrogen-bond acceptors (Lipinski definition) is 11. The van der Waals surface area contributed by atoms with Gasteiger partial charge in [0.2, 0.25) is 0 Å². The van der Waals surface area contributed by atoms with Gasteiger partial charge in [-0.3, -0.25) is 0 Å². The Bertz CT molecular complexity index is 715. The standard InChI is InChI=1S/C19H25NO10/c20-6-10(9-4-2-1-3-5-9)29-11-7-27-19(17(25)14(11)22)28-8-12-13(21)15(23)16(24)18(26)30-12/h1-5,10-19,21-26H,7-8H2/t10-,11-,12+,13+,14-,15-,16+,17+,18+,19+/m0/s1. The Hall–Kier alpha value is -1.69. The van der Waals surface area contributed by atoms with Crippen molar-refractivity contribution in [3.05, 3.63) is 35.9 Å². The summed E-state index contributed by atoms with van der Waals surface area (Å²) < 4.78 is 21.3. The van der Waals surface area contributed by atoms with Crippen LogP contribution in [0.4, 0.5) is 0 Å². The molecule has 0 spiro atoms. The number of nitrogens with zero attached hydrogens (tertiary/aromatic N) is 1. The van der Waals surface area contributed by atoms with Crippen molar-refractivity contribution < 1.29 is 49.6 Å². The molecule has 2 aliphatic rings. The molecule has 0 aromatic heterocycles. The first-order valence-electron chi connectivity index (χ1n) is 9.40. The van der Waals surface area contributed by atoms with Gasteiger partial charge in [0, 0.05) is 0 Å². The van der Waals surface area contributed by atoms with Crippen molar-refractivity contribution in [1.29, 1.82) is 5.26 Å². The first-order valence-corrected chi connectivity index (χ1v) is 9.40. The molecule has 0 amide bonds. The van der Waals surface area contributed by atoms with Crippen LogP contribution in [0.1, 0.15) is 11.7 Å². The molecule has 2 saturated heterocycles. The van der Waals surface area contributed by atoms with Gasteiger partial charge in [0.05, 0.1) is 19.3 Å². The summed E-state index contributed by atoms with van der Waals surface area (Å²) in [4.78, 5) is 0. The lowest BCUT2D eigenvalue weighted by atomic mass is 9.99. The fourth-order valence-corrected chi connectivity index (χ4v) is 3.28. The summed E-state index contributed by atoms with van der Waals surface area (Å²) in [5, 5.41) is 68.6. The van der Waals surface area contributed by atoms with Crippen LogP contribution in [0.3, 0.4) is 0 Å². The summed E-state index contributed by atoms with van der Waals surface area (Å²) in [6.45, 7) is -0.598. The minimum atomic E-state index is -1.72. The highest BCUT2D eigenvalue weighted by Crippen LogP contribution is 2.26. The van der Waals surface area contributed by atoms with Crippen molar-refractivity contribution in [2.75, 3.05) is 13.2 Å². The SMILES string of the molecule is N#C[C@H](O[C@H]1CO[C@H](OC[C@H]2O[C@@H](O)[C@H](O)[C@@H](O)[C@@H]2O)[C@H](O)[C@H]1O)c1ccccc1. The maximum absolute atomic E-state index is 10.4. The molecule has 11 heteroatoms. The zero-order chi connectivity index (χ0) is 21.8. The molecule has 0 unspecified atom stereocenters. The number of aliphatic hydroxyl groups excluding tert-OH is 6. The fourth-order valence-electron chi connectivity index (χ4n) is 3.28. The first-order chi connectivity index (χ1) is 14.3. The van der Waals surface area contributed by atoms with Gasteiger partial charge in [-0.05, 0) is 5.56 Å². The van der Waals surface area contributed by atoms with Crippen LogP contribution in [-0.2, 0) is 18.9 Å². The second-order valence-corrected chi connectivity index (χ2v) is 7.15. The maximum Gasteiger partial charge on any atom is 0.186 e. The van der Waals surface area contributed by atoms with Crippen LogP contribution in [0, 0.1) is 11.3 Å². The van der Waals surface area contributed by atoms with Crippen molar-refractivity contribution in [3.8, 4) is 6.07 Å². The van der Waals surface area contributed by atoms with Crippen molar-refractivity contribution in [1.82, 2.24) is 0 Å². The summed E-state index contributed by atoms with van der Waals surface area (Å²) in [5.41, 5.74) is 0.586. The molecule has 0 aliphatic carbocycles. The summed E-state index contributed by atoms with van der Waals surface area (Å²) in [5.74, 6) is 0. The molecule has 2 fully saturated rings. The van der Waals surface area contributed by atoms with Gasteiger partial charge < -0.3 is 49.6 Å². The molecule has 30 heavy (non-hydrogen) atoms. The number of nitriles is 1. The lowest BCUT2D eigenvalue weighted by Crippen LogP contribution is -2.60. The van der Waals surface area contributed by atoms with Gasteiger partial charge in [-0.15, -0.1) is 0 Å².